The van der Waals surface area contributed by atoms with Gasteiger partial charge in [0, 0.05) is 23.0 Å². The Morgan fingerprint density at radius 1 is 1.00 bits per heavy atom. The molecule has 0 aromatic heterocycles. The summed E-state index contributed by atoms with van der Waals surface area (Å²) in [5, 5.41) is 11.9. The summed E-state index contributed by atoms with van der Waals surface area (Å²) in [5.41, 5.74) is 1.80. The molecule has 1 saturated heterocycles. The first-order chi connectivity index (χ1) is 16.5. The number of likely N-dealkylation sites (tertiary alicyclic amines) is 1. The van der Waals surface area contributed by atoms with Gasteiger partial charge in [0.05, 0.1) is 20.3 Å². The fraction of sp³-hybridized carbons (Fsp3) is 0.393. The van der Waals surface area contributed by atoms with Crippen molar-refractivity contribution in [2.45, 2.75) is 31.3 Å². The van der Waals surface area contributed by atoms with Crippen molar-refractivity contribution in [2.75, 3.05) is 41.0 Å². The van der Waals surface area contributed by atoms with Gasteiger partial charge in [-0.1, -0.05) is 36.4 Å². The van der Waals surface area contributed by atoms with Crippen molar-refractivity contribution in [3.63, 3.8) is 0 Å². The fourth-order valence-corrected chi connectivity index (χ4v) is 5.38. The van der Waals surface area contributed by atoms with Crippen LogP contribution in [0, 0.1) is 17.1 Å². The first kappa shape index (κ1) is 24.0. The number of halogens is 1. The van der Waals surface area contributed by atoms with Crippen LogP contribution in [0.4, 0.5) is 4.39 Å². The Bertz CT molecular complexity index is 1190. The van der Waals surface area contributed by atoms with Crippen LogP contribution in [-0.2, 0) is 10.2 Å². The largest absolute Gasteiger partial charge is 0.495 e. The minimum absolute atomic E-state index is 0.265. The standard InChI is InChI=1S/C28H31FN2O3/c1-5-34-27(28(14-16-31(2)17-15-28)19-10-12-20(29)13-11-19)24-21-8-6-7-9-22(21)25(32-3)23(18-30)26(24)33-4/h6-13,27H,5,14-17H2,1-4H3. The molecular weight excluding hydrogens is 431 g/mol. The van der Waals surface area contributed by atoms with E-state index in [1.807, 2.05) is 43.3 Å². The molecule has 0 aliphatic carbocycles. The van der Waals surface area contributed by atoms with Crippen LogP contribution in [0.25, 0.3) is 10.8 Å². The maximum atomic E-state index is 13.9. The van der Waals surface area contributed by atoms with E-state index in [0.29, 0.717) is 23.7 Å². The zero-order valence-electron chi connectivity index (χ0n) is 20.2. The van der Waals surface area contributed by atoms with Crippen LogP contribution < -0.4 is 9.47 Å². The molecule has 0 saturated carbocycles. The molecule has 1 fully saturated rings. The molecule has 1 aliphatic rings. The van der Waals surface area contributed by atoms with Crippen molar-refractivity contribution < 1.29 is 18.6 Å². The molecule has 0 bridgehead atoms. The van der Waals surface area contributed by atoms with Gasteiger partial charge in [-0.05, 0) is 63.0 Å². The molecule has 0 radical (unpaired) electrons. The molecule has 3 aromatic carbocycles. The molecule has 3 aromatic rings. The molecule has 1 atom stereocenters. The number of nitriles is 1. The fourth-order valence-electron chi connectivity index (χ4n) is 5.38. The number of methoxy groups -OCH3 is 2. The highest BCUT2D eigenvalue weighted by Gasteiger charge is 2.46. The number of benzene rings is 3. The SMILES string of the molecule is CCOC(c1c(OC)c(C#N)c(OC)c2ccccc12)C1(c2ccc(F)cc2)CCN(C)CC1. The third-order valence-electron chi connectivity index (χ3n) is 7.08. The van der Waals surface area contributed by atoms with Gasteiger partial charge < -0.3 is 19.1 Å². The summed E-state index contributed by atoms with van der Waals surface area (Å²) >= 11 is 0. The van der Waals surface area contributed by atoms with Crippen LogP contribution in [-0.4, -0.2) is 45.9 Å². The van der Waals surface area contributed by atoms with Gasteiger partial charge in [0.25, 0.3) is 0 Å². The van der Waals surface area contributed by atoms with Crippen molar-refractivity contribution >= 4 is 10.8 Å². The number of hydrogen-bond donors (Lipinski definition) is 0. The lowest BCUT2D eigenvalue weighted by atomic mass is 9.66. The Morgan fingerprint density at radius 2 is 1.62 bits per heavy atom. The Hall–Kier alpha value is -3.14. The second-order valence-electron chi connectivity index (χ2n) is 8.81. The van der Waals surface area contributed by atoms with Gasteiger partial charge >= 0.3 is 0 Å². The lowest BCUT2D eigenvalue weighted by Crippen LogP contribution is -2.45. The van der Waals surface area contributed by atoms with E-state index in [9.17, 15) is 9.65 Å². The third kappa shape index (κ3) is 4.00. The molecule has 4 rings (SSSR count). The summed E-state index contributed by atoms with van der Waals surface area (Å²) in [7, 11) is 5.26. The Labute approximate surface area is 200 Å². The number of piperidine rings is 1. The van der Waals surface area contributed by atoms with E-state index in [0.717, 1.165) is 47.8 Å². The molecule has 6 heteroatoms. The van der Waals surface area contributed by atoms with E-state index in [-0.39, 0.29) is 5.82 Å². The molecule has 178 valence electrons. The smallest absolute Gasteiger partial charge is 0.148 e. The summed E-state index contributed by atoms with van der Waals surface area (Å²) in [6.45, 7) is 4.21. The van der Waals surface area contributed by atoms with Gasteiger partial charge in [-0.2, -0.15) is 5.26 Å². The molecule has 0 N–H and O–H groups in total. The lowest BCUT2D eigenvalue weighted by molar-refractivity contribution is -0.0248. The van der Waals surface area contributed by atoms with Crippen molar-refractivity contribution in [3.05, 3.63) is 71.0 Å². The second kappa shape index (κ2) is 10.0. The number of nitrogens with zero attached hydrogens (tertiary/aromatic N) is 2. The summed E-state index contributed by atoms with van der Waals surface area (Å²) in [6.07, 6.45) is 1.24. The van der Waals surface area contributed by atoms with Gasteiger partial charge in [-0.15, -0.1) is 0 Å². The van der Waals surface area contributed by atoms with Crippen LogP contribution in [0.15, 0.2) is 48.5 Å². The van der Waals surface area contributed by atoms with Crippen LogP contribution in [0.2, 0.25) is 0 Å². The molecule has 5 nitrogen and oxygen atoms in total. The van der Waals surface area contributed by atoms with E-state index in [1.165, 1.54) is 12.1 Å². The normalized spacial score (nSPS) is 16.7. The topological polar surface area (TPSA) is 54.7 Å². The maximum absolute atomic E-state index is 13.9. The maximum Gasteiger partial charge on any atom is 0.148 e. The minimum atomic E-state index is -0.423. The summed E-state index contributed by atoms with van der Waals surface area (Å²) in [4.78, 5) is 2.30. The molecule has 1 heterocycles. The van der Waals surface area contributed by atoms with E-state index in [1.54, 1.807) is 14.2 Å². The van der Waals surface area contributed by atoms with Gasteiger partial charge in [-0.3, -0.25) is 0 Å². The Balaban J connectivity index is 2.07. The average Bonchev–Trinajstić information content (AvgIpc) is 2.87. The average molecular weight is 463 g/mol. The number of hydrogen-bond acceptors (Lipinski definition) is 5. The second-order valence-corrected chi connectivity index (χ2v) is 8.81. The van der Waals surface area contributed by atoms with Crippen LogP contribution >= 0.6 is 0 Å². The summed E-state index contributed by atoms with van der Waals surface area (Å²) in [6, 6.07) is 17.0. The zero-order chi connectivity index (χ0) is 24.3. The summed E-state index contributed by atoms with van der Waals surface area (Å²) in [5.74, 6) is 0.698. The monoisotopic (exact) mass is 462 g/mol. The van der Waals surface area contributed by atoms with Crippen LogP contribution in [0.5, 0.6) is 11.5 Å². The molecule has 34 heavy (non-hydrogen) atoms. The van der Waals surface area contributed by atoms with Crippen molar-refractivity contribution in [1.82, 2.24) is 4.90 Å². The van der Waals surface area contributed by atoms with Crippen molar-refractivity contribution in [2.24, 2.45) is 0 Å². The highest BCUT2D eigenvalue weighted by Crippen LogP contribution is 2.53. The van der Waals surface area contributed by atoms with Gasteiger partial charge in [-0.25, -0.2) is 4.39 Å². The molecule has 0 spiro atoms. The lowest BCUT2D eigenvalue weighted by Gasteiger charge is -2.46. The quantitative estimate of drug-likeness (QED) is 0.457. The van der Waals surface area contributed by atoms with E-state index >= 15 is 0 Å². The van der Waals surface area contributed by atoms with Crippen molar-refractivity contribution in [1.29, 1.82) is 5.26 Å². The first-order valence-corrected chi connectivity index (χ1v) is 11.6. The number of fused-ring (bicyclic) bond motifs is 1. The van der Waals surface area contributed by atoms with Gasteiger partial charge in [0.15, 0.2) is 0 Å². The Kier molecular flexibility index (Phi) is 7.06. The number of ether oxygens (including phenoxy) is 3. The predicted molar refractivity (Wildman–Crippen MR) is 131 cm³/mol. The summed E-state index contributed by atoms with van der Waals surface area (Å²) < 4.78 is 32.1. The molecule has 1 aliphatic heterocycles. The predicted octanol–water partition coefficient (Wildman–Crippen LogP) is 5.61. The van der Waals surface area contributed by atoms with Crippen LogP contribution in [0.1, 0.15) is 42.6 Å². The van der Waals surface area contributed by atoms with Crippen LogP contribution in [0.3, 0.4) is 0 Å². The van der Waals surface area contributed by atoms with Crippen molar-refractivity contribution in [3.8, 4) is 17.6 Å². The minimum Gasteiger partial charge on any atom is -0.495 e. The van der Waals surface area contributed by atoms with E-state index in [2.05, 4.69) is 18.0 Å². The highest BCUT2D eigenvalue weighted by atomic mass is 19.1. The zero-order valence-corrected chi connectivity index (χ0v) is 20.2. The van der Waals surface area contributed by atoms with E-state index < -0.39 is 11.5 Å². The number of rotatable bonds is 7. The highest BCUT2D eigenvalue weighted by molar-refractivity contribution is 5.96. The molecule has 0 amide bonds. The van der Waals surface area contributed by atoms with E-state index in [4.69, 9.17) is 14.2 Å². The molecule has 1 unspecified atom stereocenters. The Morgan fingerprint density at radius 3 is 2.18 bits per heavy atom. The third-order valence-corrected chi connectivity index (χ3v) is 7.08. The molecular formula is C28H31FN2O3. The van der Waals surface area contributed by atoms with Gasteiger partial charge in [0.1, 0.15) is 28.9 Å². The first-order valence-electron chi connectivity index (χ1n) is 11.6. The van der Waals surface area contributed by atoms with Gasteiger partial charge in [0.2, 0.25) is 0 Å².